The summed E-state index contributed by atoms with van der Waals surface area (Å²) in [5.41, 5.74) is 3.37. The maximum Gasteiger partial charge on any atom is 0.422 e. The molecule has 272 valence electrons. The molecule has 1 spiro atoms. The molecule has 0 aliphatic carbocycles. The molecule has 3 aliphatic heterocycles. The number of benzene rings is 2. The van der Waals surface area contributed by atoms with Crippen LogP contribution in [0.3, 0.4) is 0 Å². The fraction of sp³-hybridized carbons (Fsp3) is 0.447. The molecule has 0 radical (unpaired) electrons. The van der Waals surface area contributed by atoms with Crippen LogP contribution in [-0.4, -0.2) is 94.5 Å². The minimum Gasteiger partial charge on any atom is -0.481 e. The number of carbonyl (C=O) groups is 1. The lowest BCUT2D eigenvalue weighted by molar-refractivity contribution is -0.153. The Hall–Kier alpha value is -5.03. The maximum absolute atomic E-state index is 14.0. The Labute approximate surface area is 298 Å². The van der Waals surface area contributed by atoms with Crippen LogP contribution in [-0.2, 0) is 4.79 Å². The number of aryl methyl sites for hydroxylation is 1. The van der Waals surface area contributed by atoms with E-state index in [-0.39, 0.29) is 17.1 Å². The van der Waals surface area contributed by atoms with Crippen molar-refractivity contribution in [2.24, 2.45) is 5.41 Å². The Morgan fingerprint density at radius 3 is 2.52 bits per heavy atom. The Morgan fingerprint density at radius 1 is 1.13 bits per heavy atom. The zero-order chi connectivity index (χ0) is 36.8. The number of aromatic nitrogens is 4. The number of rotatable bonds is 9. The van der Waals surface area contributed by atoms with Gasteiger partial charge in [-0.25, -0.2) is 14.4 Å². The first kappa shape index (κ1) is 35.4. The summed E-state index contributed by atoms with van der Waals surface area (Å²) in [4.78, 5) is 28.2. The van der Waals surface area contributed by atoms with Gasteiger partial charge >= 0.3 is 6.18 Å². The van der Waals surface area contributed by atoms with Crippen LogP contribution in [0, 0.1) is 23.7 Å². The number of nitrogens with one attached hydrogen (secondary N) is 1. The number of anilines is 1. The average Bonchev–Trinajstić information content (AvgIpc) is 3.60. The van der Waals surface area contributed by atoms with Gasteiger partial charge in [0, 0.05) is 66.8 Å². The van der Waals surface area contributed by atoms with E-state index < -0.39 is 24.5 Å². The van der Waals surface area contributed by atoms with Gasteiger partial charge in [0.05, 0.1) is 17.8 Å². The summed E-state index contributed by atoms with van der Waals surface area (Å²) >= 11 is 0. The van der Waals surface area contributed by atoms with E-state index in [2.05, 4.69) is 39.2 Å². The summed E-state index contributed by atoms with van der Waals surface area (Å²) in [5, 5.41) is 17.5. The van der Waals surface area contributed by atoms with E-state index in [4.69, 9.17) is 20.0 Å². The fourth-order valence-electron chi connectivity index (χ4n) is 8.06. The topological polar surface area (TPSA) is 114 Å². The smallest absolute Gasteiger partial charge is 0.422 e. The third-order valence-electron chi connectivity index (χ3n) is 10.8. The number of aromatic amines is 1. The maximum atomic E-state index is 14.0. The number of fused-ring (bicyclic) bond motifs is 2. The van der Waals surface area contributed by atoms with Gasteiger partial charge in [-0.05, 0) is 74.5 Å². The molecule has 52 heavy (non-hydrogen) atoms. The second-order valence-electron chi connectivity index (χ2n) is 14.2. The van der Waals surface area contributed by atoms with Crippen molar-refractivity contribution in [3.05, 3.63) is 60.3 Å². The molecule has 0 bridgehead atoms. The van der Waals surface area contributed by atoms with E-state index in [1.54, 1.807) is 12.3 Å². The molecule has 0 saturated carbocycles. The molecule has 0 unspecified atom stereocenters. The van der Waals surface area contributed by atoms with Crippen molar-refractivity contribution >= 4 is 39.6 Å². The molecule has 4 aromatic rings. The first-order chi connectivity index (χ1) is 24.9. The van der Waals surface area contributed by atoms with Crippen LogP contribution in [0.25, 0.3) is 39.0 Å². The Kier molecular flexibility index (Phi) is 9.41. The lowest BCUT2D eigenvalue weighted by atomic mass is 9.72. The Morgan fingerprint density at radius 2 is 1.87 bits per heavy atom. The van der Waals surface area contributed by atoms with E-state index in [9.17, 15) is 22.4 Å². The van der Waals surface area contributed by atoms with Gasteiger partial charge in [-0.3, -0.25) is 9.89 Å². The molecule has 3 saturated heterocycles. The highest BCUT2D eigenvalue weighted by molar-refractivity contribution is 6.07. The number of piperidine rings is 2. The Balaban J connectivity index is 1.36. The minimum atomic E-state index is -4.62. The number of amides is 1. The number of alkyl halides is 3. The number of nitrogens with zero attached hydrogens (tertiary/aromatic N) is 7. The average molecular weight is 717 g/mol. The van der Waals surface area contributed by atoms with Crippen molar-refractivity contribution in [2.75, 3.05) is 57.3 Å². The van der Waals surface area contributed by atoms with Crippen molar-refractivity contribution < 1.29 is 27.1 Å². The van der Waals surface area contributed by atoms with Crippen molar-refractivity contribution in [1.82, 2.24) is 30.0 Å². The highest BCUT2D eigenvalue weighted by Gasteiger charge is 2.47. The molecule has 3 aliphatic rings. The summed E-state index contributed by atoms with van der Waals surface area (Å²) in [5.74, 6) is -0.560. The Bertz CT molecular complexity index is 2080. The number of H-pyrrole nitrogens is 1. The molecular formula is C38H40F4N8O2. The number of hydrogen-bond acceptors (Lipinski definition) is 8. The third-order valence-corrected chi connectivity index (χ3v) is 10.8. The van der Waals surface area contributed by atoms with Crippen molar-refractivity contribution in [1.29, 1.82) is 5.26 Å². The van der Waals surface area contributed by atoms with Crippen molar-refractivity contribution in [2.45, 2.75) is 51.1 Å². The largest absolute Gasteiger partial charge is 0.481 e. The normalized spacial score (nSPS) is 18.1. The summed E-state index contributed by atoms with van der Waals surface area (Å²) in [6.45, 7) is 11.8. The van der Waals surface area contributed by atoms with Crippen LogP contribution >= 0.6 is 0 Å². The minimum absolute atomic E-state index is 0.00552. The molecule has 14 heteroatoms. The predicted molar refractivity (Wildman–Crippen MR) is 190 cm³/mol. The van der Waals surface area contributed by atoms with Crippen LogP contribution < -0.4 is 9.64 Å². The van der Waals surface area contributed by atoms with Crippen LogP contribution in [0.15, 0.2) is 43.4 Å². The van der Waals surface area contributed by atoms with Crippen molar-refractivity contribution in [3.8, 4) is 22.9 Å². The van der Waals surface area contributed by atoms with Gasteiger partial charge in [-0.15, -0.1) is 0 Å². The number of nitriles is 1. The van der Waals surface area contributed by atoms with Gasteiger partial charge in [-0.2, -0.15) is 23.5 Å². The van der Waals surface area contributed by atoms with E-state index in [1.165, 1.54) is 4.90 Å². The summed E-state index contributed by atoms with van der Waals surface area (Å²) < 4.78 is 61.3. The summed E-state index contributed by atoms with van der Waals surface area (Å²) in [6, 6.07) is 7.86. The molecule has 1 amide bonds. The molecule has 10 nitrogen and oxygen atoms in total. The summed E-state index contributed by atoms with van der Waals surface area (Å²) in [6.07, 6.45) is 1.99. The number of likely N-dealkylation sites (tertiary alicyclic amines) is 2. The number of carbonyl (C=O) groups excluding carboxylic acids is 1. The SMILES string of the molecule is C=Cc1cc2c(N3CCC4(CC3)CN(C(=O)C(=C)F)C4)nc(C3CCN(CCC#N)CC3)nc2c(OCC(F)(F)F)c1-c1c(C)ccc2[nH]ncc12. The quantitative estimate of drug-likeness (QED) is 0.145. The van der Waals surface area contributed by atoms with Gasteiger partial charge < -0.3 is 19.4 Å². The first-order valence-corrected chi connectivity index (χ1v) is 17.5. The summed E-state index contributed by atoms with van der Waals surface area (Å²) in [7, 11) is 0. The predicted octanol–water partition coefficient (Wildman–Crippen LogP) is 7.07. The van der Waals surface area contributed by atoms with Crippen LogP contribution in [0.4, 0.5) is 23.4 Å². The second kappa shape index (κ2) is 13.8. The molecular weight excluding hydrogens is 676 g/mol. The van der Waals surface area contributed by atoms with Crippen molar-refractivity contribution in [3.63, 3.8) is 0 Å². The van der Waals surface area contributed by atoms with Crippen LogP contribution in [0.1, 0.15) is 55.0 Å². The lowest BCUT2D eigenvalue weighted by Crippen LogP contribution is -2.62. The fourth-order valence-corrected chi connectivity index (χ4v) is 8.06. The standard InChI is InChI=1S/C38H40F4N8O2/c1-4-25-18-27-32(33(52-22-38(40,41)42)31(25)30-23(2)6-7-29-28(30)19-44-47-29)45-34(26-8-14-48(15-9-26)13-5-12-43)46-35(27)49-16-10-37(11-17-49)20-50(21-37)36(51)24(3)39/h4,6-7,18-19,26H,1,3,5,8-11,13-17,20-22H2,2H3,(H,44,47). The molecule has 5 heterocycles. The van der Waals surface area contributed by atoms with Gasteiger partial charge in [0.2, 0.25) is 0 Å². The van der Waals surface area contributed by atoms with Crippen LogP contribution in [0.5, 0.6) is 5.75 Å². The number of ether oxygens (including phenoxy) is 1. The van der Waals surface area contributed by atoms with Gasteiger partial charge in [0.25, 0.3) is 5.91 Å². The number of halogens is 4. The van der Waals surface area contributed by atoms with E-state index in [0.29, 0.717) is 78.4 Å². The molecule has 0 atom stereocenters. The van der Waals surface area contributed by atoms with Gasteiger partial charge in [-0.1, -0.05) is 25.3 Å². The van der Waals surface area contributed by atoms with E-state index in [0.717, 1.165) is 55.2 Å². The number of hydrogen-bond donors (Lipinski definition) is 1. The molecule has 1 N–H and O–H groups in total. The van der Waals surface area contributed by atoms with E-state index in [1.807, 2.05) is 25.1 Å². The molecule has 2 aromatic heterocycles. The van der Waals surface area contributed by atoms with Crippen LogP contribution in [0.2, 0.25) is 0 Å². The molecule has 2 aromatic carbocycles. The second-order valence-corrected chi connectivity index (χ2v) is 14.2. The first-order valence-electron chi connectivity index (χ1n) is 17.5. The van der Waals surface area contributed by atoms with E-state index >= 15 is 0 Å². The lowest BCUT2D eigenvalue weighted by Gasteiger charge is -2.54. The highest BCUT2D eigenvalue weighted by atomic mass is 19.4. The van der Waals surface area contributed by atoms with Gasteiger partial charge in [0.15, 0.2) is 18.2 Å². The van der Waals surface area contributed by atoms with Gasteiger partial charge in [0.1, 0.15) is 17.2 Å². The monoisotopic (exact) mass is 716 g/mol. The zero-order valence-corrected chi connectivity index (χ0v) is 29.0. The zero-order valence-electron chi connectivity index (χ0n) is 29.0. The third kappa shape index (κ3) is 6.69. The molecule has 7 rings (SSSR count). The highest BCUT2D eigenvalue weighted by Crippen LogP contribution is 2.48. The molecule has 3 fully saturated rings.